The van der Waals surface area contributed by atoms with E-state index in [1.54, 1.807) is 0 Å². The summed E-state index contributed by atoms with van der Waals surface area (Å²) in [6.45, 7) is 9.67. The molecule has 0 aromatic rings. The van der Waals surface area contributed by atoms with Gasteiger partial charge < -0.3 is 33.8 Å². The first kappa shape index (κ1) is 100. The summed E-state index contributed by atoms with van der Waals surface area (Å²) in [5, 5.41) is 10.6. The third-order valence-electron chi connectivity index (χ3n) is 19.8. The number of rotatable bonds is 82. The number of aliphatic hydroxyl groups excluding tert-OH is 1. The highest BCUT2D eigenvalue weighted by Gasteiger charge is 2.30. The zero-order valence-electron chi connectivity index (χ0n) is 66.9. The molecule has 0 bridgehead atoms. The first-order chi connectivity index (χ1) is 49.4. The number of phosphoric ester groups is 2. The zero-order chi connectivity index (χ0) is 74.9. The SMILES string of the molecule is CCCCCCCCCCCCCCCCCCCCCCCCC(=O)O[C@H](COC(=O)CCCCCCCCCCCCCCCCC(C)C)COP(=O)(O)OC[C@@H](O)COP(=O)(O)OC[C@@H](COC(=O)CCCCCCCCCCC)OC(=O)CCCCCCCCCCCCC(C)CC. The van der Waals surface area contributed by atoms with E-state index in [4.69, 9.17) is 37.0 Å². The molecule has 0 aliphatic heterocycles. The van der Waals surface area contributed by atoms with Gasteiger partial charge in [0.25, 0.3) is 0 Å². The molecular weight excluding hydrogens is 1330 g/mol. The van der Waals surface area contributed by atoms with Crippen molar-refractivity contribution in [3.63, 3.8) is 0 Å². The monoisotopic (exact) mass is 1490 g/mol. The Hall–Kier alpha value is -1.94. The zero-order valence-corrected chi connectivity index (χ0v) is 68.7. The fourth-order valence-corrected chi connectivity index (χ4v) is 14.4. The molecule has 3 unspecified atom stereocenters. The van der Waals surface area contributed by atoms with Crippen LogP contribution in [-0.4, -0.2) is 96.7 Å². The predicted molar refractivity (Wildman–Crippen MR) is 418 cm³/mol. The summed E-state index contributed by atoms with van der Waals surface area (Å²) in [5.74, 6) is -0.506. The minimum atomic E-state index is -4.96. The van der Waals surface area contributed by atoms with E-state index in [9.17, 15) is 43.2 Å². The fourth-order valence-electron chi connectivity index (χ4n) is 12.9. The van der Waals surface area contributed by atoms with Gasteiger partial charge in [-0.1, -0.05) is 388 Å². The molecule has 0 heterocycles. The molecule has 0 saturated heterocycles. The highest BCUT2D eigenvalue weighted by Crippen LogP contribution is 2.45. The second kappa shape index (κ2) is 74.5. The molecule has 0 aromatic carbocycles. The molecule has 6 atom stereocenters. The van der Waals surface area contributed by atoms with Crippen LogP contribution in [0.1, 0.15) is 440 Å². The third-order valence-corrected chi connectivity index (χ3v) is 21.7. The number of esters is 4. The Balaban J connectivity index is 5.20. The number of carbonyl (C=O) groups is 4. The topological polar surface area (TPSA) is 237 Å². The van der Waals surface area contributed by atoms with Gasteiger partial charge >= 0.3 is 39.5 Å². The lowest BCUT2D eigenvalue weighted by atomic mass is 9.99. The Morgan fingerprint density at radius 1 is 0.284 bits per heavy atom. The van der Waals surface area contributed by atoms with Gasteiger partial charge in [0.05, 0.1) is 26.4 Å². The Bertz CT molecular complexity index is 1960. The largest absolute Gasteiger partial charge is 0.472 e. The number of phosphoric acid groups is 2. The molecule has 0 amide bonds. The van der Waals surface area contributed by atoms with Crippen LogP contribution in [0.25, 0.3) is 0 Å². The van der Waals surface area contributed by atoms with E-state index in [2.05, 4.69) is 41.5 Å². The highest BCUT2D eigenvalue weighted by atomic mass is 31.2. The van der Waals surface area contributed by atoms with Gasteiger partial charge in [-0.2, -0.15) is 0 Å². The third kappa shape index (κ3) is 74.9. The predicted octanol–water partition coefficient (Wildman–Crippen LogP) is 25.1. The maximum atomic E-state index is 13.1. The number of carbonyl (C=O) groups excluding carboxylic acids is 4. The molecule has 17 nitrogen and oxygen atoms in total. The van der Waals surface area contributed by atoms with Crippen molar-refractivity contribution in [1.82, 2.24) is 0 Å². The molecule has 19 heteroatoms. The average molecular weight is 1490 g/mol. The minimum Gasteiger partial charge on any atom is -0.462 e. The quantitative estimate of drug-likeness (QED) is 0.0222. The van der Waals surface area contributed by atoms with Gasteiger partial charge in [-0.05, 0) is 37.5 Å². The molecule has 0 aliphatic carbocycles. The molecule has 606 valence electrons. The van der Waals surface area contributed by atoms with Gasteiger partial charge in [-0.15, -0.1) is 0 Å². The number of aliphatic hydroxyl groups is 1. The molecule has 0 fully saturated rings. The second-order valence-corrected chi connectivity index (χ2v) is 33.5. The van der Waals surface area contributed by atoms with Gasteiger partial charge in [0.1, 0.15) is 19.3 Å². The van der Waals surface area contributed by atoms with E-state index >= 15 is 0 Å². The summed E-state index contributed by atoms with van der Waals surface area (Å²) in [4.78, 5) is 73.0. The normalized spacial score (nSPS) is 14.1. The van der Waals surface area contributed by atoms with Crippen molar-refractivity contribution in [2.75, 3.05) is 39.6 Å². The molecule has 0 rings (SSSR count). The molecule has 0 radical (unpaired) electrons. The molecular formula is C83H162O17P2. The standard InChI is InChI=1S/C83H162O17P2/c1-7-10-12-14-16-18-19-20-21-22-23-24-25-26-27-28-33-36-43-49-55-61-67-82(87)99-79(72-94-81(86)66-60-54-48-42-35-32-30-29-31-34-40-45-51-57-63-75(4)5)74-98-102(91,92)96-70-77(84)69-95-101(89,90)97-73-78(71-93-80(85)65-59-53-47-39-17-15-13-11-8-2)100-83(88)68-62-56-50-44-38-37-41-46-52-58-64-76(6)9-3/h75-79,84H,7-74H2,1-6H3,(H,89,90)(H,91,92)/t76?,77-,78+,79+/m0/s1. The molecule has 0 spiro atoms. The summed E-state index contributed by atoms with van der Waals surface area (Å²) >= 11 is 0. The van der Waals surface area contributed by atoms with E-state index in [1.807, 2.05) is 0 Å². The summed E-state index contributed by atoms with van der Waals surface area (Å²) in [6.07, 6.45) is 65.3. The molecule has 0 aliphatic rings. The molecule has 102 heavy (non-hydrogen) atoms. The van der Waals surface area contributed by atoms with Crippen molar-refractivity contribution in [2.45, 2.75) is 458 Å². The van der Waals surface area contributed by atoms with E-state index in [0.29, 0.717) is 25.7 Å². The maximum absolute atomic E-state index is 13.1. The van der Waals surface area contributed by atoms with E-state index < -0.39 is 97.5 Å². The lowest BCUT2D eigenvalue weighted by Crippen LogP contribution is -2.30. The van der Waals surface area contributed by atoms with Crippen molar-refractivity contribution < 1.29 is 80.2 Å². The number of ether oxygens (including phenoxy) is 4. The first-order valence-corrected chi connectivity index (χ1v) is 46.0. The van der Waals surface area contributed by atoms with Crippen molar-refractivity contribution in [3.05, 3.63) is 0 Å². The maximum Gasteiger partial charge on any atom is 0.472 e. The molecule has 0 saturated carbocycles. The van der Waals surface area contributed by atoms with Crippen LogP contribution < -0.4 is 0 Å². The molecule has 0 aromatic heterocycles. The van der Waals surface area contributed by atoms with Crippen LogP contribution >= 0.6 is 15.6 Å². The number of unbranched alkanes of at least 4 members (excludes halogenated alkanes) is 51. The lowest BCUT2D eigenvalue weighted by molar-refractivity contribution is -0.161. The number of hydrogen-bond acceptors (Lipinski definition) is 15. The van der Waals surface area contributed by atoms with E-state index in [0.717, 1.165) is 102 Å². The number of hydrogen-bond donors (Lipinski definition) is 3. The summed E-state index contributed by atoms with van der Waals surface area (Å²) < 4.78 is 68.7. The van der Waals surface area contributed by atoms with Crippen LogP contribution in [0.2, 0.25) is 0 Å². The van der Waals surface area contributed by atoms with Gasteiger partial charge in [0.2, 0.25) is 0 Å². The van der Waals surface area contributed by atoms with Crippen LogP contribution in [0, 0.1) is 11.8 Å². The van der Waals surface area contributed by atoms with Crippen LogP contribution in [0.4, 0.5) is 0 Å². The van der Waals surface area contributed by atoms with Crippen LogP contribution in [0.3, 0.4) is 0 Å². The average Bonchev–Trinajstić information content (AvgIpc) is 1.18. The Morgan fingerprint density at radius 3 is 0.745 bits per heavy atom. The van der Waals surface area contributed by atoms with Crippen LogP contribution in [0.15, 0.2) is 0 Å². The van der Waals surface area contributed by atoms with Crippen molar-refractivity contribution in [1.29, 1.82) is 0 Å². The molecule has 3 N–H and O–H groups in total. The van der Waals surface area contributed by atoms with Gasteiger partial charge in [0, 0.05) is 25.7 Å². The van der Waals surface area contributed by atoms with Crippen LogP contribution in [0.5, 0.6) is 0 Å². The van der Waals surface area contributed by atoms with E-state index in [-0.39, 0.29) is 25.7 Å². The van der Waals surface area contributed by atoms with Crippen molar-refractivity contribution in [3.8, 4) is 0 Å². The smallest absolute Gasteiger partial charge is 0.462 e. The summed E-state index contributed by atoms with van der Waals surface area (Å²) in [7, 11) is -9.92. The van der Waals surface area contributed by atoms with Gasteiger partial charge in [-0.25, -0.2) is 9.13 Å². The summed E-state index contributed by atoms with van der Waals surface area (Å²) in [5.41, 5.74) is 0. The Labute approximate surface area is 626 Å². The summed E-state index contributed by atoms with van der Waals surface area (Å²) in [6, 6.07) is 0. The first-order valence-electron chi connectivity index (χ1n) is 43.0. The van der Waals surface area contributed by atoms with Crippen molar-refractivity contribution >= 4 is 39.5 Å². The Kier molecular flexibility index (Phi) is 73.1. The van der Waals surface area contributed by atoms with Gasteiger partial charge in [-0.3, -0.25) is 37.3 Å². The van der Waals surface area contributed by atoms with Crippen LogP contribution in [-0.2, 0) is 65.4 Å². The highest BCUT2D eigenvalue weighted by molar-refractivity contribution is 7.47. The van der Waals surface area contributed by atoms with E-state index in [1.165, 1.54) is 257 Å². The Morgan fingerprint density at radius 2 is 0.500 bits per heavy atom. The van der Waals surface area contributed by atoms with Crippen molar-refractivity contribution in [2.24, 2.45) is 11.8 Å². The second-order valence-electron chi connectivity index (χ2n) is 30.6. The minimum absolute atomic E-state index is 0.106. The fraction of sp³-hybridized carbons (Fsp3) is 0.952. The lowest BCUT2D eigenvalue weighted by Gasteiger charge is -2.21. The van der Waals surface area contributed by atoms with Gasteiger partial charge in [0.15, 0.2) is 12.2 Å².